The fraction of sp³-hybridized carbons (Fsp3) is 0.350. The van der Waals surface area contributed by atoms with E-state index in [1.807, 2.05) is 44.4 Å². The van der Waals surface area contributed by atoms with Gasteiger partial charge < -0.3 is 9.64 Å². The van der Waals surface area contributed by atoms with E-state index in [1.54, 1.807) is 24.3 Å². The number of carbonyl (C=O) groups is 1. The number of benzene rings is 2. The standard InChI is InChI=1S/C20H26N2O4/c1-21(2)14-16-25-19-11-9-17(10-12-19)13-15-26-22(24-3)20(23)18-7-5-4-6-8-18/h4-12H,13-16H2,1-3H3. The van der Waals surface area contributed by atoms with Crippen LogP contribution in [-0.2, 0) is 16.1 Å². The molecule has 2 aromatic carbocycles. The van der Waals surface area contributed by atoms with E-state index < -0.39 is 0 Å². The Kier molecular flexibility index (Phi) is 8.08. The Morgan fingerprint density at radius 2 is 1.65 bits per heavy atom. The molecule has 0 heterocycles. The highest BCUT2D eigenvalue weighted by atomic mass is 16.9. The van der Waals surface area contributed by atoms with Crippen molar-refractivity contribution in [3.63, 3.8) is 0 Å². The van der Waals surface area contributed by atoms with E-state index in [0.717, 1.165) is 23.1 Å². The summed E-state index contributed by atoms with van der Waals surface area (Å²) >= 11 is 0. The second kappa shape index (κ2) is 10.6. The highest BCUT2D eigenvalue weighted by molar-refractivity contribution is 5.92. The zero-order valence-corrected chi connectivity index (χ0v) is 15.6. The van der Waals surface area contributed by atoms with Crippen molar-refractivity contribution in [1.29, 1.82) is 0 Å². The van der Waals surface area contributed by atoms with Crippen molar-refractivity contribution in [2.24, 2.45) is 0 Å². The lowest BCUT2D eigenvalue weighted by molar-refractivity contribution is -0.313. The Hall–Kier alpha value is -2.41. The van der Waals surface area contributed by atoms with Gasteiger partial charge in [0.15, 0.2) is 0 Å². The van der Waals surface area contributed by atoms with E-state index in [0.29, 0.717) is 25.2 Å². The first-order valence-corrected chi connectivity index (χ1v) is 8.53. The van der Waals surface area contributed by atoms with Gasteiger partial charge in [0, 0.05) is 12.1 Å². The lowest BCUT2D eigenvalue weighted by Gasteiger charge is -2.18. The van der Waals surface area contributed by atoms with Crippen LogP contribution >= 0.6 is 0 Å². The normalized spacial score (nSPS) is 10.8. The molecule has 2 rings (SSSR count). The topological polar surface area (TPSA) is 51.2 Å². The first-order chi connectivity index (χ1) is 12.6. The van der Waals surface area contributed by atoms with E-state index in [9.17, 15) is 4.79 Å². The van der Waals surface area contributed by atoms with Crippen LogP contribution in [0.5, 0.6) is 5.75 Å². The fourth-order valence-electron chi connectivity index (χ4n) is 2.23. The lowest BCUT2D eigenvalue weighted by Crippen LogP contribution is -2.31. The summed E-state index contributed by atoms with van der Waals surface area (Å²) in [5.41, 5.74) is 1.60. The van der Waals surface area contributed by atoms with Crippen LogP contribution in [0.15, 0.2) is 54.6 Å². The van der Waals surface area contributed by atoms with Gasteiger partial charge in [-0.2, -0.15) is 0 Å². The van der Waals surface area contributed by atoms with Crippen LogP contribution < -0.4 is 4.74 Å². The molecule has 0 aliphatic rings. The number of hydroxylamine groups is 2. The molecular formula is C20H26N2O4. The second-order valence-corrected chi connectivity index (χ2v) is 5.99. The molecule has 140 valence electrons. The average molecular weight is 358 g/mol. The maximum absolute atomic E-state index is 12.3. The molecule has 0 bridgehead atoms. The molecule has 1 amide bonds. The molecule has 0 fully saturated rings. The van der Waals surface area contributed by atoms with E-state index in [2.05, 4.69) is 4.90 Å². The average Bonchev–Trinajstić information content (AvgIpc) is 2.66. The summed E-state index contributed by atoms with van der Waals surface area (Å²) < 4.78 is 5.67. The SMILES string of the molecule is CON(OCCc1ccc(OCCN(C)C)cc1)C(=O)c1ccccc1. The van der Waals surface area contributed by atoms with Gasteiger partial charge >= 0.3 is 5.91 Å². The van der Waals surface area contributed by atoms with Crippen molar-refractivity contribution < 1.29 is 19.2 Å². The number of amides is 1. The van der Waals surface area contributed by atoms with Crippen LogP contribution in [0, 0.1) is 0 Å². The maximum Gasteiger partial charge on any atom is 0.303 e. The van der Waals surface area contributed by atoms with Gasteiger partial charge in [0.05, 0.1) is 13.7 Å². The molecule has 6 heteroatoms. The summed E-state index contributed by atoms with van der Waals surface area (Å²) in [5.74, 6) is 0.507. The minimum atomic E-state index is -0.335. The van der Waals surface area contributed by atoms with E-state index in [1.165, 1.54) is 7.11 Å². The molecule has 0 atom stereocenters. The number of ether oxygens (including phenoxy) is 1. The third kappa shape index (κ3) is 6.48. The third-order valence-electron chi connectivity index (χ3n) is 3.68. The molecule has 0 spiro atoms. The lowest BCUT2D eigenvalue weighted by atomic mass is 10.1. The Balaban J connectivity index is 1.78. The molecule has 0 saturated carbocycles. The minimum Gasteiger partial charge on any atom is -0.492 e. The summed E-state index contributed by atoms with van der Waals surface area (Å²) in [5, 5.41) is 0.911. The number of hydrogen-bond donors (Lipinski definition) is 0. The second-order valence-electron chi connectivity index (χ2n) is 5.99. The van der Waals surface area contributed by atoms with Crippen LogP contribution in [0.1, 0.15) is 15.9 Å². The van der Waals surface area contributed by atoms with Crippen LogP contribution in [0.4, 0.5) is 0 Å². The summed E-state index contributed by atoms with van der Waals surface area (Å²) in [6.07, 6.45) is 0.653. The number of likely N-dealkylation sites (N-methyl/N-ethyl adjacent to an activating group) is 1. The molecule has 0 aliphatic heterocycles. The number of nitrogens with zero attached hydrogens (tertiary/aromatic N) is 2. The van der Waals surface area contributed by atoms with E-state index >= 15 is 0 Å². The monoisotopic (exact) mass is 358 g/mol. The molecular weight excluding hydrogens is 332 g/mol. The van der Waals surface area contributed by atoms with Gasteiger partial charge in [-0.25, -0.2) is 9.68 Å². The van der Waals surface area contributed by atoms with Crippen LogP contribution in [0.25, 0.3) is 0 Å². The van der Waals surface area contributed by atoms with Crippen LogP contribution in [0.2, 0.25) is 0 Å². The highest BCUT2D eigenvalue weighted by Gasteiger charge is 2.16. The molecule has 2 aromatic rings. The zero-order valence-electron chi connectivity index (χ0n) is 15.6. The molecule has 6 nitrogen and oxygen atoms in total. The molecule has 0 aliphatic carbocycles. The number of rotatable bonds is 10. The van der Waals surface area contributed by atoms with Crippen molar-refractivity contribution in [2.75, 3.05) is 41.0 Å². The van der Waals surface area contributed by atoms with Crippen molar-refractivity contribution in [3.8, 4) is 5.75 Å². The molecule has 26 heavy (non-hydrogen) atoms. The van der Waals surface area contributed by atoms with E-state index in [-0.39, 0.29) is 5.91 Å². The molecule has 0 N–H and O–H groups in total. The maximum atomic E-state index is 12.3. The first-order valence-electron chi connectivity index (χ1n) is 8.53. The summed E-state index contributed by atoms with van der Waals surface area (Å²) in [6.45, 7) is 1.85. The predicted molar refractivity (Wildman–Crippen MR) is 99.8 cm³/mol. The predicted octanol–water partition coefficient (Wildman–Crippen LogP) is 2.80. The Morgan fingerprint density at radius 1 is 0.962 bits per heavy atom. The van der Waals surface area contributed by atoms with Gasteiger partial charge in [0.2, 0.25) is 0 Å². The molecule has 0 aromatic heterocycles. The van der Waals surface area contributed by atoms with E-state index in [4.69, 9.17) is 14.4 Å². The van der Waals surface area contributed by atoms with Gasteiger partial charge in [-0.1, -0.05) is 35.6 Å². The van der Waals surface area contributed by atoms with Gasteiger partial charge in [-0.15, -0.1) is 0 Å². The van der Waals surface area contributed by atoms with Crippen molar-refractivity contribution >= 4 is 5.91 Å². The van der Waals surface area contributed by atoms with Gasteiger partial charge in [0.1, 0.15) is 12.4 Å². The smallest absolute Gasteiger partial charge is 0.303 e. The summed E-state index contributed by atoms with van der Waals surface area (Å²) in [6, 6.07) is 16.7. The Bertz CT molecular complexity index is 659. The largest absolute Gasteiger partial charge is 0.492 e. The number of hydrogen-bond acceptors (Lipinski definition) is 5. The zero-order chi connectivity index (χ0) is 18.8. The van der Waals surface area contributed by atoms with Crippen LogP contribution in [-0.4, -0.2) is 57.0 Å². The molecule has 0 saturated heterocycles. The molecule has 0 radical (unpaired) electrons. The summed E-state index contributed by atoms with van der Waals surface area (Å²) in [7, 11) is 5.43. The fourth-order valence-corrected chi connectivity index (χ4v) is 2.23. The number of carbonyl (C=O) groups excluding carboxylic acids is 1. The van der Waals surface area contributed by atoms with Gasteiger partial charge in [-0.05, 0) is 50.3 Å². The van der Waals surface area contributed by atoms with Crippen molar-refractivity contribution in [2.45, 2.75) is 6.42 Å². The Labute approximate surface area is 154 Å². The van der Waals surface area contributed by atoms with Gasteiger partial charge in [-0.3, -0.25) is 4.79 Å². The minimum absolute atomic E-state index is 0.327. The quantitative estimate of drug-likeness (QED) is 0.611. The van der Waals surface area contributed by atoms with Crippen LogP contribution in [0.3, 0.4) is 0 Å². The highest BCUT2D eigenvalue weighted by Crippen LogP contribution is 2.13. The first kappa shape index (κ1) is 19.9. The summed E-state index contributed by atoms with van der Waals surface area (Å²) in [4.78, 5) is 24.8. The van der Waals surface area contributed by atoms with Crippen molar-refractivity contribution in [1.82, 2.24) is 10.1 Å². The van der Waals surface area contributed by atoms with Crippen molar-refractivity contribution in [3.05, 3.63) is 65.7 Å². The Morgan fingerprint density at radius 3 is 2.27 bits per heavy atom. The van der Waals surface area contributed by atoms with Gasteiger partial charge in [0.25, 0.3) is 0 Å². The third-order valence-corrected chi connectivity index (χ3v) is 3.68. The molecule has 0 unspecified atom stereocenters.